The first-order valence-electron chi connectivity index (χ1n) is 7.11. The quantitative estimate of drug-likeness (QED) is 0.744. The van der Waals surface area contributed by atoms with Crippen LogP contribution in [-0.2, 0) is 4.79 Å². The first-order valence-corrected chi connectivity index (χ1v) is 7.11. The third-order valence-electron chi connectivity index (χ3n) is 3.57. The van der Waals surface area contributed by atoms with Gasteiger partial charge in [-0.25, -0.2) is 4.98 Å². The summed E-state index contributed by atoms with van der Waals surface area (Å²) in [6.45, 7) is 3.59. The molecule has 1 heterocycles. The van der Waals surface area contributed by atoms with Crippen molar-refractivity contribution < 1.29 is 22.4 Å². The maximum absolute atomic E-state index is 12.4. The van der Waals surface area contributed by atoms with Crippen molar-refractivity contribution in [3.63, 3.8) is 0 Å². The summed E-state index contributed by atoms with van der Waals surface area (Å²) in [4.78, 5) is 15.4. The van der Waals surface area contributed by atoms with Gasteiger partial charge >= 0.3 is 12.1 Å². The molecular formula is C17H13F3N2O2. The minimum Gasteiger partial charge on any atom is -0.436 e. The molecule has 3 rings (SSSR count). The summed E-state index contributed by atoms with van der Waals surface area (Å²) >= 11 is 0. The van der Waals surface area contributed by atoms with E-state index in [1.165, 1.54) is 12.1 Å². The number of oxazole rings is 1. The molecule has 0 spiro atoms. The van der Waals surface area contributed by atoms with E-state index in [2.05, 4.69) is 4.98 Å². The number of aryl methyl sites for hydroxylation is 2. The summed E-state index contributed by atoms with van der Waals surface area (Å²) in [7, 11) is 0. The van der Waals surface area contributed by atoms with Gasteiger partial charge in [-0.3, -0.25) is 4.79 Å². The number of benzene rings is 2. The fourth-order valence-electron chi connectivity index (χ4n) is 2.40. The van der Waals surface area contributed by atoms with Crippen LogP contribution in [-0.4, -0.2) is 17.1 Å². The van der Waals surface area contributed by atoms with E-state index < -0.39 is 12.1 Å². The van der Waals surface area contributed by atoms with Crippen molar-refractivity contribution in [3.8, 4) is 11.5 Å². The summed E-state index contributed by atoms with van der Waals surface area (Å²) in [6, 6.07) is 10.3. The van der Waals surface area contributed by atoms with Crippen LogP contribution in [0.1, 0.15) is 11.1 Å². The third kappa shape index (κ3) is 2.97. The van der Waals surface area contributed by atoms with Gasteiger partial charge in [-0.05, 0) is 43.2 Å². The highest BCUT2D eigenvalue weighted by Crippen LogP contribution is 2.30. The lowest BCUT2D eigenvalue weighted by atomic mass is 10.1. The van der Waals surface area contributed by atoms with Crippen molar-refractivity contribution in [1.82, 2.24) is 4.98 Å². The number of halogens is 3. The zero-order valence-electron chi connectivity index (χ0n) is 12.9. The molecule has 0 aliphatic heterocycles. The van der Waals surface area contributed by atoms with Gasteiger partial charge in [-0.15, -0.1) is 0 Å². The predicted octanol–water partition coefficient (Wildman–Crippen LogP) is 4.61. The van der Waals surface area contributed by atoms with E-state index in [0.29, 0.717) is 22.6 Å². The smallest absolute Gasteiger partial charge is 0.436 e. The van der Waals surface area contributed by atoms with Gasteiger partial charge in [-0.2, -0.15) is 13.2 Å². The monoisotopic (exact) mass is 334 g/mol. The van der Waals surface area contributed by atoms with Gasteiger partial charge in [-0.1, -0.05) is 18.2 Å². The molecule has 124 valence electrons. The number of fused-ring (bicyclic) bond motifs is 1. The highest BCUT2D eigenvalue weighted by atomic mass is 19.4. The number of hydrogen-bond donors (Lipinski definition) is 1. The number of nitrogens with zero attached hydrogens (tertiary/aromatic N) is 1. The molecule has 2 aromatic carbocycles. The molecule has 0 aliphatic carbocycles. The van der Waals surface area contributed by atoms with E-state index in [0.717, 1.165) is 11.1 Å². The number of anilines is 1. The molecule has 0 unspecified atom stereocenters. The van der Waals surface area contributed by atoms with Crippen molar-refractivity contribution in [3.05, 3.63) is 47.5 Å². The lowest BCUT2D eigenvalue weighted by molar-refractivity contribution is -0.167. The molecule has 1 aromatic heterocycles. The SMILES string of the molecule is Cc1ccccc1-c1nc2cc(NC(=O)C(F)(F)F)cc(C)c2o1. The lowest BCUT2D eigenvalue weighted by Gasteiger charge is -2.08. The number of rotatable bonds is 2. The van der Waals surface area contributed by atoms with E-state index in [1.807, 2.05) is 36.5 Å². The second-order valence-electron chi connectivity index (χ2n) is 5.43. The number of carbonyl (C=O) groups excluding carboxylic acids is 1. The minimum absolute atomic E-state index is 0.0203. The molecule has 0 saturated carbocycles. The Morgan fingerprint density at radius 2 is 1.83 bits per heavy atom. The summed E-state index contributed by atoms with van der Waals surface area (Å²) in [5.74, 6) is -1.64. The molecule has 0 saturated heterocycles. The molecule has 24 heavy (non-hydrogen) atoms. The topological polar surface area (TPSA) is 55.1 Å². The van der Waals surface area contributed by atoms with Crippen molar-refractivity contribution >= 4 is 22.7 Å². The summed E-state index contributed by atoms with van der Waals surface area (Å²) < 4.78 is 42.9. The lowest BCUT2D eigenvalue weighted by Crippen LogP contribution is -2.29. The van der Waals surface area contributed by atoms with Crippen molar-refractivity contribution in [1.29, 1.82) is 0 Å². The van der Waals surface area contributed by atoms with Crippen LogP contribution < -0.4 is 5.32 Å². The number of carbonyl (C=O) groups is 1. The Morgan fingerprint density at radius 3 is 2.50 bits per heavy atom. The van der Waals surface area contributed by atoms with Gasteiger partial charge in [0, 0.05) is 11.3 Å². The molecule has 1 N–H and O–H groups in total. The second kappa shape index (κ2) is 5.67. The Labute approximate surface area is 135 Å². The molecule has 0 bridgehead atoms. The van der Waals surface area contributed by atoms with Crippen molar-refractivity contribution in [2.24, 2.45) is 0 Å². The molecular weight excluding hydrogens is 321 g/mol. The van der Waals surface area contributed by atoms with E-state index in [4.69, 9.17) is 4.42 Å². The fraction of sp³-hybridized carbons (Fsp3) is 0.176. The number of nitrogens with one attached hydrogen (secondary N) is 1. The number of aromatic nitrogens is 1. The highest BCUT2D eigenvalue weighted by Gasteiger charge is 2.38. The zero-order valence-corrected chi connectivity index (χ0v) is 12.9. The average Bonchev–Trinajstić information content (AvgIpc) is 2.91. The zero-order chi connectivity index (χ0) is 17.5. The first-order chi connectivity index (χ1) is 11.3. The van der Waals surface area contributed by atoms with E-state index in [-0.39, 0.29) is 5.69 Å². The van der Waals surface area contributed by atoms with Gasteiger partial charge < -0.3 is 9.73 Å². The minimum atomic E-state index is -4.95. The second-order valence-corrected chi connectivity index (χ2v) is 5.43. The molecule has 0 aliphatic rings. The number of hydrogen-bond acceptors (Lipinski definition) is 3. The standard InChI is InChI=1S/C17H13F3N2O2/c1-9-5-3-4-6-12(9)15-22-13-8-11(7-10(2)14(13)24-15)21-16(23)17(18,19)20/h3-8H,1-2H3,(H,21,23). The van der Waals surface area contributed by atoms with Crippen LogP contribution in [0.2, 0.25) is 0 Å². The van der Waals surface area contributed by atoms with E-state index >= 15 is 0 Å². The highest BCUT2D eigenvalue weighted by molar-refractivity contribution is 5.97. The number of alkyl halides is 3. The maximum atomic E-state index is 12.4. The molecule has 1 amide bonds. The normalized spacial score (nSPS) is 11.7. The molecule has 4 nitrogen and oxygen atoms in total. The van der Waals surface area contributed by atoms with E-state index in [9.17, 15) is 18.0 Å². The molecule has 0 fully saturated rings. The molecule has 0 atom stereocenters. The Morgan fingerprint density at radius 1 is 1.12 bits per heavy atom. The fourth-order valence-corrected chi connectivity index (χ4v) is 2.40. The number of amides is 1. The average molecular weight is 334 g/mol. The van der Waals surface area contributed by atoms with Crippen LogP contribution in [0.4, 0.5) is 18.9 Å². The molecule has 7 heteroatoms. The predicted molar refractivity (Wildman–Crippen MR) is 83.6 cm³/mol. The van der Waals surface area contributed by atoms with Crippen molar-refractivity contribution in [2.45, 2.75) is 20.0 Å². The first kappa shape index (κ1) is 16.0. The van der Waals surface area contributed by atoms with Gasteiger partial charge in [0.1, 0.15) is 5.52 Å². The third-order valence-corrected chi connectivity index (χ3v) is 3.57. The van der Waals surface area contributed by atoms with Crippen LogP contribution in [0.5, 0.6) is 0 Å². The van der Waals surface area contributed by atoms with Gasteiger partial charge in [0.2, 0.25) is 5.89 Å². The Bertz CT molecular complexity index is 929. The van der Waals surface area contributed by atoms with Crippen LogP contribution in [0, 0.1) is 13.8 Å². The largest absolute Gasteiger partial charge is 0.471 e. The van der Waals surface area contributed by atoms with Crippen LogP contribution in [0.15, 0.2) is 40.8 Å². The molecule has 3 aromatic rings. The van der Waals surface area contributed by atoms with Crippen LogP contribution in [0.3, 0.4) is 0 Å². The summed E-state index contributed by atoms with van der Waals surface area (Å²) in [5, 5.41) is 1.83. The Balaban J connectivity index is 2.03. The van der Waals surface area contributed by atoms with Crippen LogP contribution in [0.25, 0.3) is 22.6 Å². The summed E-state index contributed by atoms with van der Waals surface area (Å²) in [5.41, 5.74) is 3.22. The summed E-state index contributed by atoms with van der Waals surface area (Å²) in [6.07, 6.45) is -4.95. The van der Waals surface area contributed by atoms with Gasteiger partial charge in [0.05, 0.1) is 0 Å². The van der Waals surface area contributed by atoms with Gasteiger partial charge in [0.25, 0.3) is 0 Å². The van der Waals surface area contributed by atoms with Gasteiger partial charge in [0.15, 0.2) is 5.58 Å². The van der Waals surface area contributed by atoms with E-state index in [1.54, 1.807) is 6.92 Å². The van der Waals surface area contributed by atoms with Crippen molar-refractivity contribution in [2.75, 3.05) is 5.32 Å². The van der Waals surface area contributed by atoms with Crippen LogP contribution >= 0.6 is 0 Å². The molecule has 0 radical (unpaired) electrons. The maximum Gasteiger partial charge on any atom is 0.471 e. The Hall–Kier alpha value is -2.83. The Kier molecular flexibility index (Phi) is 3.79.